The second-order valence-corrected chi connectivity index (χ2v) is 8.13. The van der Waals surface area contributed by atoms with Crippen molar-refractivity contribution < 1.29 is 9.59 Å². The van der Waals surface area contributed by atoms with Crippen LogP contribution in [0.5, 0.6) is 0 Å². The molecule has 5 heteroatoms. The van der Waals surface area contributed by atoms with Gasteiger partial charge in [-0.2, -0.15) is 0 Å². The topological polar surface area (TPSA) is 56.4 Å². The molecule has 0 bridgehead atoms. The minimum atomic E-state index is -0.442. The number of amides is 3. The quantitative estimate of drug-likeness (QED) is 0.680. The van der Waals surface area contributed by atoms with Gasteiger partial charge in [0.15, 0.2) is 0 Å². The van der Waals surface area contributed by atoms with E-state index in [4.69, 9.17) is 0 Å². The molecule has 0 radical (unpaired) electrons. The number of rotatable bonds is 3. The number of para-hydroxylation sites is 2. The lowest BCUT2D eigenvalue weighted by molar-refractivity contribution is -0.120. The zero-order chi connectivity index (χ0) is 19.4. The SMILES string of the molecule is CC(C)C[C@H]1c2[nH]c3ccccc3c2C[C@H]2C(=O)N(c3ccccc3)C(=O)N21. The van der Waals surface area contributed by atoms with Crippen molar-refractivity contribution in [2.24, 2.45) is 5.92 Å². The molecule has 2 aliphatic rings. The molecule has 3 amide bonds. The van der Waals surface area contributed by atoms with Crippen LogP contribution in [0.25, 0.3) is 10.9 Å². The molecule has 3 aromatic rings. The Bertz CT molecular complexity index is 1070. The van der Waals surface area contributed by atoms with Gasteiger partial charge in [-0.3, -0.25) is 4.79 Å². The molecule has 0 aliphatic carbocycles. The minimum absolute atomic E-state index is 0.119. The number of urea groups is 1. The van der Waals surface area contributed by atoms with Crippen LogP contribution in [0.2, 0.25) is 0 Å². The Morgan fingerprint density at radius 3 is 2.50 bits per heavy atom. The summed E-state index contributed by atoms with van der Waals surface area (Å²) in [5, 5.41) is 1.16. The van der Waals surface area contributed by atoms with Gasteiger partial charge in [0.1, 0.15) is 6.04 Å². The monoisotopic (exact) mass is 373 g/mol. The summed E-state index contributed by atoms with van der Waals surface area (Å²) in [6.45, 7) is 4.31. The lowest BCUT2D eigenvalue weighted by Crippen LogP contribution is -2.44. The van der Waals surface area contributed by atoms with Crippen LogP contribution in [0.4, 0.5) is 10.5 Å². The number of nitrogens with one attached hydrogen (secondary N) is 1. The van der Waals surface area contributed by atoms with Crippen molar-refractivity contribution in [3.05, 3.63) is 65.9 Å². The normalized spacial score (nSPS) is 21.5. The number of imide groups is 1. The van der Waals surface area contributed by atoms with E-state index in [-0.39, 0.29) is 18.0 Å². The molecular weight excluding hydrogens is 350 g/mol. The summed E-state index contributed by atoms with van der Waals surface area (Å²) < 4.78 is 0. The van der Waals surface area contributed by atoms with Crippen molar-refractivity contribution in [2.45, 2.75) is 38.8 Å². The van der Waals surface area contributed by atoms with Gasteiger partial charge < -0.3 is 9.88 Å². The summed E-state index contributed by atoms with van der Waals surface area (Å²) in [5.41, 5.74) is 3.98. The predicted molar refractivity (Wildman–Crippen MR) is 109 cm³/mol. The molecule has 1 aromatic heterocycles. The number of hydrogen-bond acceptors (Lipinski definition) is 2. The first-order valence-electron chi connectivity index (χ1n) is 9.87. The number of fused-ring (bicyclic) bond motifs is 4. The summed E-state index contributed by atoms with van der Waals surface area (Å²) in [4.78, 5) is 33.4. The molecule has 1 fully saturated rings. The number of aromatic nitrogens is 1. The summed E-state index contributed by atoms with van der Waals surface area (Å²) in [5.74, 6) is 0.276. The van der Waals surface area contributed by atoms with E-state index in [1.807, 2.05) is 47.4 Å². The number of anilines is 1. The van der Waals surface area contributed by atoms with Crippen LogP contribution in [-0.4, -0.2) is 27.9 Å². The molecule has 2 aromatic carbocycles. The number of benzene rings is 2. The van der Waals surface area contributed by atoms with Gasteiger partial charge in [-0.25, -0.2) is 9.69 Å². The zero-order valence-electron chi connectivity index (χ0n) is 16.1. The van der Waals surface area contributed by atoms with Crippen LogP contribution >= 0.6 is 0 Å². The van der Waals surface area contributed by atoms with Crippen LogP contribution in [-0.2, 0) is 11.2 Å². The Morgan fingerprint density at radius 1 is 1.04 bits per heavy atom. The van der Waals surface area contributed by atoms with Crippen molar-refractivity contribution in [3.8, 4) is 0 Å². The summed E-state index contributed by atoms with van der Waals surface area (Å²) in [6.07, 6.45) is 1.37. The number of H-pyrrole nitrogens is 1. The third-order valence-corrected chi connectivity index (χ3v) is 5.88. The van der Waals surface area contributed by atoms with Crippen molar-refractivity contribution >= 4 is 28.5 Å². The Morgan fingerprint density at radius 2 is 1.75 bits per heavy atom. The van der Waals surface area contributed by atoms with Crippen molar-refractivity contribution in [2.75, 3.05) is 4.90 Å². The van der Waals surface area contributed by atoms with Gasteiger partial charge in [-0.15, -0.1) is 0 Å². The second kappa shape index (κ2) is 6.23. The molecular formula is C23H23N3O2. The molecule has 3 heterocycles. The molecule has 2 aliphatic heterocycles. The van der Waals surface area contributed by atoms with Gasteiger partial charge in [-0.1, -0.05) is 50.2 Å². The fraction of sp³-hybridized carbons (Fsp3) is 0.304. The molecule has 0 spiro atoms. The third-order valence-electron chi connectivity index (χ3n) is 5.88. The first-order valence-corrected chi connectivity index (χ1v) is 9.87. The number of hydrogen-bond donors (Lipinski definition) is 1. The Hall–Kier alpha value is -3.08. The Labute approximate surface area is 163 Å². The Kier molecular flexibility index (Phi) is 3.79. The van der Waals surface area contributed by atoms with E-state index in [0.29, 0.717) is 18.0 Å². The third kappa shape index (κ3) is 2.39. The molecule has 142 valence electrons. The van der Waals surface area contributed by atoms with Gasteiger partial charge in [0.05, 0.1) is 11.7 Å². The average molecular weight is 373 g/mol. The number of carbonyl (C=O) groups is 2. The van der Waals surface area contributed by atoms with Crippen molar-refractivity contribution in [3.63, 3.8) is 0 Å². The maximum absolute atomic E-state index is 13.4. The zero-order valence-corrected chi connectivity index (χ0v) is 16.1. The highest BCUT2D eigenvalue weighted by atomic mass is 16.2. The van der Waals surface area contributed by atoms with Crippen LogP contribution in [0.15, 0.2) is 54.6 Å². The average Bonchev–Trinajstić information content (AvgIpc) is 3.18. The van der Waals surface area contributed by atoms with E-state index < -0.39 is 6.04 Å². The maximum atomic E-state index is 13.4. The fourth-order valence-corrected chi connectivity index (χ4v) is 4.70. The van der Waals surface area contributed by atoms with Crippen molar-refractivity contribution in [1.82, 2.24) is 9.88 Å². The van der Waals surface area contributed by atoms with E-state index in [1.165, 1.54) is 10.5 Å². The standard InChI is InChI=1S/C23H23N3O2/c1-14(2)12-19-21-17(16-10-6-7-11-18(16)24-21)13-20-22(27)25(23(28)26(19)20)15-8-4-3-5-9-15/h3-11,14,19-20,24H,12-13H2,1-2H3/t19-,20-/m0/s1. The highest BCUT2D eigenvalue weighted by Gasteiger charge is 2.52. The summed E-state index contributed by atoms with van der Waals surface area (Å²) in [7, 11) is 0. The number of aromatic amines is 1. The fourth-order valence-electron chi connectivity index (χ4n) is 4.70. The molecule has 0 unspecified atom stereocenters. The highest BCUT2D eigenvalue weighted by molar-refractivity contribution is 6.21. The van der Waals surface area contributed by atoms with Crippen LogP contribution in [0.3, 0.4) is 0 Å². The first kappa shape index (κ1) is 17.0. The van der Waals surface area contributed by atoms with E-state index in [1.54, 1.807) is 0 Å². The van der Waals surface area contributed by atoms with E-state index in [9.17, 15) is 9.59 Å². The lowest BCUT2D eigenvalue weighted by Gasteiger charge is -2.36. The smallest absolute Gasteiger partial charge is 0.332 e. The number of nitrogens with zero attached hydrogens (tertiary/aromatic N) is 2. The molecule has 0 saturated carbocycles. The van der Waals surface area contributed by atoms with Gasteiger partial charge in [0.25, 0.3) is 5.91 Å². The van der Waals surface area contributed by atoms with Gasteiger partial charge in [0.2, 0.25) is 0 Å². The largest absolute Gasteiger partial charge is 0.356 e. The van der Waals surface area contributed by atoms with Crippen molar-refractivity contribution in [1.29, 1.82) is 0 Å². The first-order chi connectivity index (χ1) is 13.6. The summed E-state index contributed by atoms with van der Waals surface area (Å²) in [6, 6.07) is 16.7. The molecule has 28 heavy (non-hydrogen) atoms. The lowest BCUT2D eigenvalue weighted by atomic mass is 9.88. The van der Waals surface area contributed by atoms with Gasteiger partial charge in [-0.05, 0) is 36.1 Å². The molecule has 1 N–H and O–H groups in total. The highest BCUT2D eigenvalue weighted by Crippen LogP contribution is 2.44. The van der Waals surface area contributed by atoms with Crippen LogP contribution in [0, 0.1) is 5.92 Å². The van der Waals surface area contributed by atoms with Crippen LogP contribution < -0.4 is 4.90 Å². The predicted octanol–water partition coefficient (Wildman–Crippen LogP) is 4.65. The molecule has 5 rings (SSSR count). The van der Waals surface area contributed by atoms with E-state index in [2.05, 4.69) is 31.0 Å². The Balaban J connectivity index is 1.64. The summed E-state index contributed by atoms with van der Waals surface area (Å²) >= 11 is 0. The minimum Gasteiger partial charge on any atom is -0.356 e. The maximum Gasteiger partial charge on any atom is 0.332 e. The van der Waals surface area contributed by atoms with Crippen LogP contribution in [0.1, 0.15) is 37.6 Å². The van der Waals surface area contributed by atoms with E-state index in [0.717, 1.165) is 23.0 Å². The molecule has 1 saturated heterocycles. The second-order valence-electron chi connectivity index (χ2n) is 8.13. The number of carbonyl (C=O) groups excluding carboxylic acids is 2. The molecule has 5 nitrogen and oxygen atoms in total. The van der Waals surface area contributed by atoms with E-state index >= 15 is 0 Å². The van der Waals surface area contributed by atoms with Gasteiger partial charge in [0, 0.05) is 23.0 Å². The van der Waals surface area contributed by atoms with Gasteiger partial charge >= 0.3 is 6.03 Å². The molecule has 2 atom stereocenters.